The maximum absolute atomic E-state index is 13.2. The van der Waals surface area contributed by atoms with Crippen molar-refractivity contribution in [2.24, 2.45) is 4.99 Å². The second kappa shape index (κ2) is 11.1. The van der Waals surface area contributed by atoms with Crippen LogP contribution in [0, 0.1) is 6.92 Å². The maximum Gasteiger partial charge on any atom is 0.266 e. The number of hydrogen-bond acceptors (Lipinski definition) is 4. The Morgan fingerprint density at radius 1 is 1.03 bits per heavy atom. The summed E-state index contributed by atoms with van der Waals surface area (Å²) < 4.78 is 6.95. The summed E-state index contributed by atoms with van der Waals surface area (Å²) in [6.45, 7) is 6.70. The van der Waals surface area contributed by atoms with E-state index in [1.807, 2.05) is 90.7 Å². The van der Waals surface area contributed by atoms with Crippen LogP contribution in [-0.4, -0.2) is 22.0 Å². The molecule has 0 aromatic heterocycles. The van der Waals surface area contributed by atoms with Crippen molar-refractivity contribution in [3.05, 3.63) is 98.9 Å². The van der Waals surface area contributed by atoms with Crippen molar-refractivity contribution in [1.29, 1.82) is 0 Å². The van der Waals surface area contributed by atoms with Crippen molar-refractivity contribution in [3.63, 3.8) is 0 Å². The maximum atomic E-state index is 13.2. The van der Waals surface area contributed by atoms with Gasteiger partial charge in [0.25, 0.3) is 5.91 Å². The first-order valence-electron chi connectivity index (χ1n) is 11.3. The Hall–Kier alpha value is -2.83. The number of hydrogen-bond donors (Lipinski definition) is 0. The highest BCUT2D eigenvalue weighted by Crippen LogP contribution is 2.36. The molecule has 0 N–H and O–H groups in total. The van der Waals surface area contributed by atoms with Crippen molar-refractivity contribution in [2.75, 3.05) is 0 Å². The predicted octanol–water partition coefficient (Wildman–Crippen LogP) is 7.74. The number of carbonyl (C=O) groups excluding carboxylic acids is 1. The Labute approximate surface area is 213 Å². The van der Waals surface area contributed by atoms with Crippen LogP contribution in [-0.2, 0) is 11.4 Å². The molecule has 4 nitrogen and oxygen atoms in total. The molecule has 174 valence electrons. The molecule has 1 atom stereocenters. The van der Waals surface area contributed by atoms with Gasteiger partial charge in [0.05, 0.1) is 10.6 Å². The Kier molecular flexibility index (Phi) is 7.91. The van der Waals surface area contributed by atoms with Gasteiger partial charge in [-0.25, -0.2) is 4.99 Å². The van der Waals surface area contributed by atoms with Crippen molar-refractivity contribution < 1.29 is 9.53 Å². The van der Waals surface area contributed by atoms with Gasteiger partial charge in [0.1, 0.15) is 12.4 Å². The largest absolute Gasteiger partial charge is 0.489 e. The van der Waals surface area contributed by atoms with Crippen LogP contribution in [0.4, 0.5) is 5.69 Å². The molecule has 0 bridgehead atoms. The molecule has 1 aliphatic heterocycles. The van der Waals surface area contributed by atoms with E-state index in [9.17, 15) is 4.79 Å². The number of carbonyl (C=O) groups is 1. The van der Waals surface area contributed by atoms with Gasteiger partial charge in [0.15, 0.2) is 5.17 Å². The number of aliphatic imine (C=N–C) groups is 1. The Morgan fingerprint density at radius 2 is 1.71 bits per heavy atom. The monoisotopic (exact) mass is 534 g/mol. The van der Waals surface area contributed by atoms with Gasteiger partial charge in [-0.05, 0) is 85.6 Å². The minimum absolute atomic E-state index is 0.000719. The number of aryl methyl sites for hydroxylation is 1. The van der Waals surface area contributed by atoms with E-state index in [1.165, 1.54) is 17.3 Å². The zero-order valence-electron chi connectivity index (χ0n) is 19.5. The molecule has 1 heterocycles. The summed E-state index contributed by atoms with van der Waals surface area (Å²) in [5.41, 5.74) is 4.09. The summed E-state index contributed by atoms with van der Waals surface area (Å²) in [4.78, 5) is 20.5. The summed E-state index contributed by atoms with van der Waals surface area (Å²) in [7, 11) is 0. The molecule has 0 radical (unpaired) electrons. The molecule has 1 amide bonds. The number of benzene rings is 3. The van der Waals surface area contributed by atoms with Crippen LogP contribution in [0.15, 0.2) is 87.2 Å². The van der Waals surface area contributed by atoms with Crippen LogP contribution in [0.1, 0.15) is 37.0 Å². The minimum Gasteiger partial charge on any atom is -0.489 e. The summed E-state index contributed by atoms with van der Waals surface area (Å²) in [6, 6.07) is 24.0. The Morgan fingerprint density at radius 3 is 2.35 bits per heavy atom. The number of ether oxygens (including phenoxy) is 1. The predicted molar refractivity (Wildman–Crippen MR) is 145 cm³/mol. The highest BCUT2D eigenvalue weighted by atomic mass is 79.9. The second-order valence-corrected chi connectivity index (χ2v) is 10.2. The molecule has 1 aliphatic rings. The van der Waals surface area contributed by atoms with Crippen molar-refractivity contribution in [3.8, 4) is 5.75 Å². The topological polar surface area (TPSA) is 41.9 Å². The van der Waals surface area contributed by atoms with Gasteiger partial charge in [0.2, 0.25) is 0 Å². The van der Waals surface area contributed by atoms with E-state index in [4.69, 9.17) is 9.73 Å². The van der Waals surface area contributed by atoms with E-state index in [-0.39, 0.29) is 11.9 Å². The van der Waals surface area contributed by atoms with Crippen molar-refractivity contribution in [1.82, 2.24) is 4.90 Å². The molecular weight excluding hydrogens is 508 g/mol. The lowest BCUT2D eigenvalue weighted by Gasteiger charge is -2.22. The van der Waals surface area contributed by atoms with Crippen LogP contribution in [0.25, 0.3) is 6.08 Å². The molecule has 34 heavy (non-hydrogen) atoms. The van der Waals surface area contributed by atoms with Crippen LogP contribution in [0.2, 0.25) is 0 Å². The fourth-order valence-corrected chi connectivity index (χ4v) is 4.78. The van der Waals surface area contributed by atoms with Gasteiger partial charge >= 0.3 is 0 Å². The molecule has 1 fully saturated rings. The van der Waals surface area contributed by atoms with E-state index < -0.39 is 0 Å². The smallest absolute Gasteiger partial charge is 0.266 e. The highest BCUT2D eigenvalue weighted by Gasteiger charge is 2.36. The summed E-state index contributed by atoms with van der Waals surface area (Å²) >= 11 is 4.87. The van der Waals surface area contributed by atoms with Crippen molar-refractivity contribution >= 4 is 50.5 Å². The van der Waals surface area contributed by atoms with E-state index >= 15 is 0 Å². The third-order valence-electron chi connectivity index (χ3n) is 5.62. The Bertz CT molecular complexity index is 1200. The third-order valence-corrected chi connectivity index (χ3v) is 7.14. The first-order chi connectivity index (χ1) is 16.4. The van der Waals surface area contributed by atoms with Gasteiger partial charge in [-0.1, -0.05) is 64.8 Å². The first-order valence-corrected chi connectivity index (χ1v) is 12.9. The minimum atomic E-state index is 0.000719. The number of nitrogens with zero attached hydrogens (tertiary/aromatic N) is 2. The lowest BCUT2D eigenvalue weighted by atomic mass is 10.2. The molecule has 0 spiro atoms. The average Bonchev–Trinajstić information content (AvgIpc) is 3.15. The van der Waals surface area contributed by atoms with Gasteiger partial charge in [0, 0.05) is 10.5 Å². The SMILES string of the molecule is CC[C@@H](C)N1C(=O)/C(=C\c2ccc(OCc3ccc(Br)cc3)cc2)SC1=Nc1ccc(C)cc1. The molecule has 0 aliphatic carbocycles. The molecule has 6 heteroatoms. The quantitative estimate of drug-likeness (QED) is 0.291. The second-order valence-electron chi connectivity index (χ2n) is 8.26. The number of amides is 1. The van der Waals surface area contributed by atoms with E-state index in [0.717, 1.165) is 38.6 Å². The van der Waals surface area contributed by atoms with E-state index in [1.54, 1.807) is 0 Å². The van der Waals surface area contributed by atoms with Gasteiger partial charge in [-0.15, -0.1) is 0 Å². The van der Waals surface area contributed by atoms with Crippen LogP contribution < -0.4 is 4.74 Å². The zero-order valence-corrected chi connectivity index (χ0v) is 21.9. The number of rotatable bonds is 7. The van der Waals surface area contributed by atoms with Crippen LogP contribution in [0.5, 0.6) is 5.75 Å². The van der Waals surface area contributed by atoms with Crippen LogP contribution >= 0.6 is 27.7 Å². The molecule has 0 unspecified atom stereocenters. The molecule has 3 aromatic rings. The zero-order chi connectivity index (χ0) is 24.1. The molecule has 4 rings (SSSR count). The number of halogens is 1. The first kappa shape index (κ1) is 24.3. The normalized spacial score (nSPS) is 16.9. The highest BCUT2D eigenvalue weighted by molar-refractivity contribution is 9.10. The lowest BCUT2D eigenvalue weighted by Crippen LogP contribution is -2.36. The lowest BCUT2D eigenvalue weighted by molar-refractivity contribution is -0.123. The van der Waals surface area contributed by atoms with Gasteiger partial charge in [-0.3, -0.25) is 9.69 Å². The summed E-state index contributed by atoms with van der Waals surface area (Å²) in [5, 5.41) is 0.726. The molecular formula is C28H27BrN2O2S. The van der Waals surface area contributed by atoms with Crippen molar-refractivity contribution in [2.45, 2.75) is 39.8 Å². The molecule has 0 saturated carbocycles. The van der Waals surface area contributed by atoms with E-state index in [0.29, 0.717) is 11.5 Å². The number of amidine groups is 1. The standard InChI is InChI=1S/C28H27BrN2O2S/c1-4-20(3)31-27(32)26(34-28(31)30-24-13-5-19(2)6-14-24)17-21-9-15-25(16-10-21)33-18-22-7-11-23(29)12-8-22/h5-17,20H,4,18H2,1-3H3/b26-17+,30-28?/t20-/m1/s1. The fraction of sp³-hybridized carbons (Fsp3) is 0.214. The molecule has 3 aromatic carbocycles. The Balaban J connectivity index is 1.50. The number of thioether (sulfide) groups is 1. The average molecular weight is 536 g/mol. The van der Waals surface area contributed by atoms with Gasteiger partial charge in [-0.2, -0.15) is 0 Å². The van der Waals surface area contributed by atoms with Crippen LogP contribution in [0.3, 0.4) is 0 Å². The summed E-state index contributed by atoms with van der Waals surface area (Å²) in [5.74, 6) is 0.791. The third kappa shape index (κ3) is 5.99. The molecule has 1 saturated heterocycles. The van der Waals surface area contributed by atoms with Gasteiger partial charge < -0.3 is 4.74 Å². The fourth-order valence-electron chi connectivity index (χ4n) is 3.42. The summed E-state index contributed by atoms with van der Waals surface area (Å²) in [6.07, 6.45) is 2.79. The van der Waals surface area contributed by atoms with E-state index in [2.05, 4.69) is 29.8 Å².